The van der Waals surface area contributed by atoms with Crippen molar-refractivity contribution in [1.29, 1.82) is 5.26 Å². The van der Waals surface area contributed by atoms with Gasteiger partial charge in [-0.05, 0) is 44.1 Å². The van der Waals surface area contributed by atoms with Gasteiger partial charge in [0.05, 0.1) is 17.1 Å². The Balaban J connectivity index is 1.81. The van der Waals surface area contributed by atoms with Crippen LogP contribution in [0.2, 0.25) is 0 Å². The Morgan fingerprint density at radius 2 is 1.83 bits per heavy atom. The predicted molar refractivity (Wildman–Crippen MR) is 104 cm³/mol. The minimum atomic E-state index is -4.34. The quantitative estimate of drug-likeness (QED) is 0.664. The van der Waals surface area contributed by atoms with Crippen LogP contribution in [-0.2, 0) is 29.3 Å². The van der Waals surface area contributed by atoms with E-state index in [4.69, 9.17) is 0 Å². The van der Waals surface area contributed by atoms with E-state index in [1.807, 2.05) is 0 Å². The molecule has 0 saturated carbocycles. The molecule has 29 heavy (non-hydrogen) atoms. The second-order valence-corrected chi connectivity index (χ2v) is 11.7. The summed E-state index contributed by atoms with van der Waals surface area (Å²) in [7, 11) is -7.51. The topological polar surface area (TPSA) is 141 Å². The van der Waals surface area contributed by atoms with Crippen molar-refractivity contribution in [2.75, 3.05) is 24.6 Å². The lowest BCUT2D eigenvalue weighted by atomic mass is 10.0. The van der Waals surface area contributed by atoms with E-state index >= 15 is 0 Å². The van der Waals surface area contributed by atoms with Gasteiger partial charge < -0.3 is 10.2 Å². The van der Waals surface area contributed by atoms with E-state index in [-0.39, 0.29) is 29.1 Å². The van der Waals surface area contributed by atoms with Gasteiger partial charge in [0.25, 0.3) is 5.91 Å². The van der Waals surface area contributed by atoms with Gasteiger partial charge in [-0.25, -0.2) is 16.8 Å². The zero-order chi connectivity index (χ0) is 21.4. The molecule has 3 heterocycles. The first-order chi connectivity index (χ1) is 13.6. The van der Waals surface area contributed by atoms with Crippen LogP contribution < -0.4 is 5.32 Å². The molecule has 1 N–H and O–H groups in total. The first-order valence-corrected chi connectivity index (χ1v) is 12.8. The van der Waals surface area contributed by atoms with Crippen LogP contribution in [-0.4, -0.2) is 58.1 Å². The Kier molecular flexibility index (Phi) is 5.87. The maximum absolute atomic E-state index is 13.0. The van der Waals surface area contributed by atoms with Gasteiger partial charge in [-0.2, -0.15) is 5.26 Å². The van der Waals surface area contributed by atoms with Gasteiger partial charge in [0.15, 0.2) is 14.9 Å². The van der Waals surface area contributed by atoms with Crippen molar-refractivity contribution in [3.8, 4) is 6.07 Å². The molecule has 2 saturated heterocycles. The average Bonchev–Trinajstić information content (AvgIpc) is 3.08. The van der Waals surface area contributed by atoms with Crippen molar-refractivity contribution in [2.45, 2.75) is 39.0 Å². The van der Waals surface area contributed by atoms with E-state index in [0.717, 1.165) is 19.3 Å². The summed E-state index contributed by atoms with van der Waals surface area (Å²) in [5.41, 5.74) is -0.223. The highest BCUT2D eigenvalue weighted by atomic mass is 32.2. The first kappa shape index (κ1) is 21.5. The number of nitriles is 1. The van der Waals surface area contributed by atoms with E-state index in [2.05, 4.69) is 5.32 Å². The Labute approximate surface area is 170 Å². The maximum atomic E-state index is 13.0. The number of nitrogens with one attached hydrogen (secondary N) is 1. The van der Waals surface area contributed by atoms with Gasteiger partial charge in [-0.3, -0.25) is 9.59 Å². The van der Waals surface area contributed by atoms with Crippen LogP contribution in [0.15, 0.2) is 21.1 Å². The SMILES string of the molecule is CC1=C(C(=O)N2CCCCC2)S(=O)(=O)C(NC(=O)C[C@H]2CCS(=O)(=O)C2)=C1C#N. The maximum Gasteiger partial charge on any atom is 0.266 e. The van der Waals surface area contributed by atoms with Crippen molar-refractivity contribution in [1.82, 2.24) is 10.2 Å². The molecule has 0 aliphatic carbocycles. The molecule has 0 aromatic rings. The van der Waals surface area contributed by atoms with Crippen molar-refractivity contribution in [3.05, 3.63) is 21.1 Å². The fourth-order valence-electron chi connectivity index (χ4n) is 3.97. The summed E-state index contributed by atoms with van der Waals surface area (Å²) in [6, 6.07) is 1.78. The van der Waals surface area contributed by atoms with Gasteiger partial charge in [-0.1, -0.05) is 0 Å². The number of rotatable bonds is 4. The van der Waals surface area contributed by atoms with E-state index < -0.39 is 47.3 Å². The minimum Gasteiger partial charge on any atom is -0.338 e. The van der Waals surface area contributed by atoms with Gasteiger partial charge >= 0.3 is 0 Å². The van der Waals surface area contributed by atoms with Gasteiger partial charge in [0.1, 0.15) is 11.0 Å². The number of carbonyl (C=O) groups excluding carboxylic acids is 2. The highest BCUT2D eigenvalue weighted by Gasteiger charge is 2.43. The molecule has 1 atom stereocenters. The largest absolute Gasteiger partial charge is 0.338 e. The third-order valence-corrected chi connectivity index (χ3v) is 9.18. The van der Waals surface area contributed by atoms with Gasteiger partial charge in [0.2, 0.25) is 15.7 Å². The number of piperidine rings is 1. The number of sulfone groups is 2. The number of carbonyl (C=O) groups is 2. The lowest BCUT2D eigenvalue weighted by molar-refractivity contribution is -0.127. The summed E-state index contributed by atoms with van der Waals surface area (Å²) >= 11 is 0. The Hall–Kier alpha value is -2.19. The summed E-state index contributed by atoms with van der Waals surface area (Å²) in [6.07, 6.45) is 2.71. The second-order valence-electron chi connectivity index (χ2n) is 7.65. The number of amides is 2. The van der Waals surface area contributed by atoms with Crippen LogP contribution in [0.5, 0.6) is 0 Å². The summed E-state index contributed by atoms with van der Waals surface area (Å²) < 4.78 is 49.1. The van der Waals surface area contributed by atoms with Crippen LogP contribution in [0.25, 0.3) is 0 Å². The molecular formula is C18H23N3O6S2. The monoisotopic (exact) mass is 441 g/mol. The molecule has 0 unspecified atom stereocenters. The number of hydrogen-bond donors (Lipinski definition) is 1. The van der Waals surface area contributed by atoms with Crippen molar-refractivity contribution < 1.29 is 26.4 Å². The molecule has 0 aromatic heterocycles. The molecule has 0 bridgehead atoms. The minimum absolute atomic E-state index is 0.00450. The molecule has 3 aliphatic rings. The number of allylic oxidation sites excluding steroid dienone is 2. The molecular weight excluding hydrogens is 418 g/mol. The average molecular weight is 442 g/mol. The second kappa shape index (κ2) is 7.91. The smallest absolute Gasteiger partial charge is 0.266 e. The van der Waals surface area contributed by atoms with Crippen LogP contribution >= 0.6 is 0 Å². The van der Waals surface area contributed by atoms with Crippen LogP contribution in [0.3, 0.4) is 0 Å². The molecule has 0 radical (unpaired) electrons. The Morgan fingerprint density at radius 3 is 2.38 bits per heavy atom. The van der Waals surface area contributed by atoms with E-state index in [1.54, 1.807) is 6.07 Å². The summed E-state index contributed by atoms with van der Waals surface area (Å²) in [5, 5.41) is 11.1. The fourth-order valence-corrected chi connectivity index (χ4v) is 7.62. The third kappa shape index (κ3) is 4.23. The molecule has 3 rings (SSSR count). The normalized spacial score (nSPS) is 25.8. The predicted octanol–water partition coefficient (Wildman–Crippen LogP) is 0.377. The number of likely N-dealkylation sites (tertiary alicyclic amines) is 1. The van der Waals surface area contributed by atoms with Crippen LogP contribution in [0.1, 0.15) is 39.0 Å². The third-order valence-electron chi connectivity index (χ3n) is 5.48. The molecule has 0 spiro atoms. The lowest BCUT2D eigenvalue weighted by Crippen LogP contribution is -2.39. The molecule has 2 fully saturated rings. The van der Waals surface area contributed by atoms with Gasteiger partial charge in [-0.15, -0.1) is 0 Å². The Bertz CT molecular complexity index is 1060. The van der Waals surface area contributed by atoms with Crippen molar-refractivity contribution in [3.63, 3.8) is 0 Å². The van der Waals surface area contributed by atoms with Gasteiger partial charge in [0, 0.05) is 19.5 Å². The first-order valence-electron chi connectivity index (χ1n) is 9.47. The summed E-state index contributed by atoms with van der Waals surface area (Å²) in [6.45, 7) is 2.28. The highest BCUT2D eigenvalue weighted by molar-refractivity contribution is 8.00. The fraction of sp³-hybridized carbons (Fsp3) is 0.611. The Morgan fingerprint density at radius 1 is 1.17 bits per heavy atom. The molecule has 0 aromatic carbocycles. The molecule has 9 nitrogen and oxygen atoms in total. The molecule has 158 valence electrons. The van der Waals surface area contributed by atoms with Crippen LogP contribution in [0.4, 0.5) is 0 Å². The van der Waals surface area contributed by atoms with Crippen molar-refractivity contribution in [2.24, 2.45) is 5.92 Å². The van der Waals surface area contributed by atoms with E-state index in [9.17, 15) is 31.7 Å². The molecule has 2 amide bonds. The number of hydrogen-bond acceptors (Lipinski definition) is 7. The standard InChI is InChI=1S/C18H23N3O6S2/c1-12-14(10-19)17(20-15(22)9-13-5-8-28(24,25)11-13)29(26,27)16(12)18(23)21-6-3-2-4-7-21/h13H,2-9,11H2,1H3,(H,20,22)/t13-/m1/s1. The zero-order valence-corrected chi connectivity index (χ0v) is 17.7. The summed E-state index contributed by atoms with van der Waals surface area (Å²) in [4.78, 5) is 26.2. The van der Waals surface area contributed by atoms with E-state index in [0.29, 0.717) is 19.5 Å². The molecule has 3 aliphatic heterocycles. The summed E-state index contributed by atoms with van der Waals surface area (Å²) in [5.74, 6) is -1.84. The lowest BCUT2D eigenvalue weighted by Gasteiger charge is -2.27. The van der Waals surface area contributed by atoms with Crippen LogP contribution in [0, 0.1) is 17.2 Å². The molecule has 11 heteroatoms. The zero-order valence-electron chi connectivity index (χ0n) is 16.1. The van der Waals surface area contributed by atoms with Crippen molar-refractivity contribution >= 4 is 31.5 Å². The van der Waals surface area contributed by atoms with E-state index in [1.165, 1.54) is 11.8 Å². The highest BCUT2D eigenvalue weighted by Crippen LogP contribution is 2.36. The number of nitrogens with zero attached hydrogens (tertiary/aromatic N) is 2.